The van der Waals surface area contributed by atoms with Crippen LogP contribution in [0.15, 0.2) is 47.4 Å². The summed E-state index contributed by atoms with van der Waals surface area (Å²) < 4.78 is 38.4. The first kappa shape index (κ1) is 19.1. The zero-order valence-electron chi connectivity index (χ0n) is 15.1. The molecule has 0 spiro atoms. The summed E-state index contributed by atoms with van der Waals surface area (Å²) in [4.78, 5) is 0.229. The van der Waals surface area contributed by atoms with Crippen molar-refractivity contribution in [2.75, 3.05) is 18.4 Å². The number of anilines is 1. The molecule has 2 rings (SSSR count). The van der Waals surface area contributed by atoms with Gasteiger partial charge >= 0.3 is 0 Å². The van der Waals surface area contributed by atoms with Gasteiger partial charge in [0.1, 0.15) is 0 Å². The summed E-state index contributed by atoms with van der Waals surface area (Å²) in [6.07, 6.45) is 1.01. The molecule has 6 heteroatoms. The van der Waals surface area contributed by atoms with Crippen LogP contribution < -0.4 is 14.2 Å². The van der Waals surface area contributed by atoms with Gasteiger partial charge in [0.25, 0.3) is 10.0 Å². The van der Waals surface area contributed by atoms with E-state index in [1.165, 1.54) is 7.11 Å². The van der Waals surface area contributed by atoms with E-state index in [4.69, 9.17) is 9.47 Å². The van der Waals surface area contributed by atoms with E-state index in [1.54, 1.807) is 30.3 Å². The molecule has 5 nitrogen and oxygen atoms in total. The van der Waals surface area contributed by atoms with Crippen LogP contribution in [-0.4, -0.2) is 22.1 Å². The van der Waals surface area contributed by atoms with Crippen LogP contribution in [-0.2, 0) is 10.0 Å². The summed E-state index contributed by atoms with van der Waals surface area (Å²) in [5.41, 5.74) is 1.55. The molecule has 0 fully saturated rings. The van der Waals surface area contributed by atoms with Crippen molar-refractivity contribution in [3.8, 4) is 11.5 Å². The van der Waals surface area contributed by atoms with Gasteiger partial charge < -0.3 is 9.47 Å². The quantitative estimate of drug-likeness (QED) is 0.754. The highest BCUT2D eigenvalue weighted by Gasteiger charge is 2.16. The molecule has 0 saturated heterocycles. The molecule has 0 radical (unpaired) electrons. The first-order valence-electron chi connectivity index (χ1n) is 8.34. The number of hydrogen-bond donors (Lipinski definition) is 1. The molecule has 0 heterocycles. The third kappa shape index (κ3) is 4.66. The van der Waals surface area contributed by atoms with E-state index >= 15 is 0 Å². The molecule has 0 bridgehead atoms. The van der Waals surface area contributed by atoms with Crippen molar-refractivity contribution in [3.63, 3.8) is 0 Å². The van der Waals surface area contributed by atoms with Gasteiger partial charge in [0.15, 0.2) is 11.5 Å². The number of sulfonamides is 1. The molecule has 1 atom stereocenters. The van der Waals surface area contributed by atoms with E-state index in [0.717, 1.165) is 12.0 Å². The molecule has 0 amide bonds. The third-order valence-electron chi connectivity index (χ3n) is 4.09. The summed E-state index contributed by atoms with van der Waals surface area (Å²) in [6.45, 7) is 6.60. The van der Waals surface area contributed by atoms with Gasteiger partial charge in [0.2, 0.25) is 0 Å². The molecule has 0 saturated carbocycles. The van der Waals surface area contributed by atoms with Gasteiger partial charge in [0.05, 0.1) is 24.3 Å². The average Bonchev–Trinajstić information content (AvgIpc) is 2.62. The number of benzene rings is 2. The molecular weight excluding hydrogens is 338 g/mol. The van der Waals surface area contributed by atoms with E-state index in [9.17, 15) is 8.42 Å². The van der Waals surface area contributed by atoms with Crippen LogP contribution in [0.4, 0.5) is 5.69 Å². The maximum atomic E-state index is 12.6. The Balaban J connectivity index is 2.23. The summed E-state index contributed by atoms with van der Waals surface area (Å²) >= 11 is 0. The highest BCUT2D eigenvalue weighted by molar-refractivity contribution is 7.92. The first-order valence-corrected chi connectivity index (χ1v) is 9.83. The molecule has 2 aromatic rings. The average molecular weight is 363 g/mol. The number of hydrogen-bond acceptors (Lipinski definition) is 4. The Labute approximate surface area is 150 Å². The zero-order valence-corrected chi connectivity index (χ0v) is 15.9. The minimum Gasteiger partial charge on any atom is -0.493 e. The van der Waals surface area contributed by atoms with Crippen molar-refractivity contribution in [1.82, 2.24) is 0 Å². The van der Waals surface area contributed by atoms with Crippen molar-refractivity contribution in [3.05, 3.63) is 48.0 Å². The smallest absolute Gasteiger partial charge is 0.261 e. The lowest BCUT2D eigenvalue weighted by Gasteiger charge is -2.13. The van der Waals surface area contributed by atoms with E-state index in [-0.39, 0.29) is 4.90 Å². The van der Waals surface area contributed by atoms with Crippen LogP contribution in [0, 0.1) is 0 Å². The minimum absolute atomic E-state index is 0.229. The molecular formula is C19H25NO4S. The molecule has 0 unspecified atom stereocenters. The largest absolute Gasteiger partial charge is 0.493 e. The number of rotatable bonds is 8. The van der Waals surface area contributed by atoms with Crippen molar-refractivity contribution < 1.29 is 17.9 Å². The Morgan fingerprint density at radius 2 is 1.72 bits per heavy atom. The number of methoxy groups -OCH3 is 1. The van der Waals surface area contributed by atoms with Crippen LogP contribution >= 0.6 is 0 Å². The van der Waals surface area contributed by atoms with Crippen LogP contribution in [0.25, 0.3) is 0 Å². The van der Waals surface area contributed by atoms with E-state index < -0.39 is 10.0 Å². The molecule has 1 N–H and O–H groups in total. The minimum atomic E-state index is -3.66. The molecule has 136 valence electrons. The van der Waals surface area contributed by atoms with Crippen molar-refractivity contribution in [2.45, 2.75) is 38.0 Å². The molecule has 0 aliphatic heterocycles. The molecule has 2 aromatic carbocycles. The fourth-order valence-corrected chi connectivity index (χ4v) is 3.48. The fraction of sp³-hybridized carbons (Fsp3) is 0.368. The van der Waals surface area contributed by atoms with Gasteiger partial charge in [-0.05, 0) is 49.1 Å². The molecule has 0 aliphatic carbocycles. The van der Waals surface area contributed by atoms with Gasteiger partial charge in [-0.3, -0.25) is 4.72 Å². The summed E-state index contributed by atoms with van der Waals surface area (Å²) in [5.74, 6) is 1.46. The Kier molecular flexibility index (Phi) is 6.31. The number of ether oxygens (including phenoxy) is 2. The topological polar surface area (TPSA) is 64.6 Å². The Bertz CT molecular complexity index is 801. The van der Waals surface area contributed by atoms with E-state index in [2.05, 4.69) is 18.6 Å². The van der Waals surface area contributed by atoms with Crippen LogP contribution in [0.1, 0.15) is 38.7 Å². The zero-order chi connectivity index (χ0) is 18.4. The maximum absolute atomic E-state index is 12.6. The van der Waals surface area contributed by atoms with Gasteiger partial charge in [-0.1, -0.05) is 26.0 Å². The second-order valence-corrected chi connectivity index (χ2v) is 7.46. The lowest BCUT2D eigenvalue weighted by atomic mass is 9.99. The molecule has 25 heavy (non-hydrogen) atoms. The summed E-state index contributed by atoms with van der Waals surface area (Å²) in [7, 11) is -2.14. The SMILES string of the molecule is CCOc1ccc(NS(=O)(=O)c2ccc([C@@H](C)CC)cc2)cc1OC. The van der Waals surface area contributed by atoms with Crippen LogP contribution in [0.2, 0.25) is 0 Å². The van der Waals surface area contributed by atoms with E-state index in [0.29, 0.717) is 29.7 Å². The summed E-state index contributed by atoms with van der Waals surface area (Å²) in [6, 6.07) is 11.9. The van der Waals surface area contributed by atoms with Crippen LogP contribution in [0.3, 0.4) is 0 Å². The second kappa shape index (κ2) is 8.25. The monoisotopic (exact) mass is 363 g/mol. The Morgan fingerprint density at radius 3 is 2.28 bits per heavy atom. The van der Waals surface area contributed by atoms with Gasteiger partial charge in [-0.15, -0.1) is 0 Å². The normalized spacial score (nSPS) is 12.5. The first-order chi connectivity index (χ1) is 11.9. The Hall–Kier alpha value is -2.21. The maximum Gasteiger partial charge on any atom is 0.261 e. The van der Waals surface area contributed by atoms with Gasteiger partial charge in [0, 0.05) is 6.07 Å². The van der Waals surface area contributed by atoms with Crippen molar-refractivity contribution >= 4 is 15.7 Å². The predicted molar refractivity (Wildman–Crippen MR) is 100 cm³/mol. The van der Waals surface area contributed by atoms with Crippen molar-refractivity contribution in [1.29, 1.82) is 0 Å². The summed E-state index contributed by atoms with van der Waals surface area (Å²) in [5, 5.41) is 0. The van der Waals surface area contributed by atoms with Crippen molar-refractivity contribution in [2.24, 2.45) is 0 Å². The lowest BCUT2D eigenvalue weighted by molar-refractivity contribution is 0.311. The van der Waals surface area contributed by atoms with E-state index in [1.807, 2.05) is 19.1 Å². The van der Waals surface area contributed by atoms with Gasteiger partial charge in [-0.2, -0.15) is 0 Å². The molecule has 0 aliphatic rings. The number of nitrogens with one attached hydrogen (secondary N) is 1. The highest BCUT2D eigenvalue weighted by Crippen LogP contribution is 2.31. The van der Waals surface area contributed by atoms with Crippen LogP contribution in [0.5, 0.6) is 11.5 Å². The predicted octanol–water partition coefficient (Wildman–Crippen LogP) is 4.41. The Morgan fingerprint density at radius 1 is 1.04 bits per heavy atom. The standard InChI is InChI=1S/C19H25NO4S/c1-5-14(3)15-7-10-17(11-8-15)25(21,22)20-16-9-12-18(24-6-2)19(13-16)23-4/h7-14,20H,5-6H2,1-4H3/t14-/m0/s1. The van der Waals surface area contributed by atoms with Gasteiger partial charge in [-0.25, -0.2) is 8.42 Å². The fourth-order valence-electron chi connectivity index (χ4n) is 2.43. The lowest BCUT2D eigenvalue weighted by Crippen LogP contribution is -2.13. The highest BCUT2D eigenvalue weighted by atomic mass is 32.2. The molecule has 0 aromatic heterocycles. The third-order valence-corrected chi connectivity index (χ3v) is 5.48. The second-order valence-electron chi connectivity index (χ2n) is 5.78.